The molecule has 148 valence electrons. The van der Waals surface area contributed by atoms with E-state index in [1.165, 1.54) is 31.5 Å². The van der Waals surface area contributed by atoms with Crippen LogP contribution >= 0.6 is 11.8 Å². The van der Waals surface area contributed by atoms with Gasteiger partial charge in [0.2, 0.25) is 0 Å². The van der Waals surface area contributed by atoms with Crippen molar-refractivity contribution in [2.45, 2.75) is 26.4 Å². The molecule has 0 aliphatic carbocycles. The van der Waals surface area contributed by atoms with Crippen LogP contribution in [0, 0.1) is 0 Å². The molecule has 1 aliphatic heterocycles. The molecular formula is C18H19N3O6S. The summed E-state index contributed by atoms with van der Waals surface area (Å²) in [4.78, 5) is 35.2. The highest BCUT2D eigenvalue weighted by atomic mass is 32.2. The van der Waals surface area contributed by atoms with Crippen molar-refractivity contribution < 1.29 is 29.0 Å². The summed E-state index contributed by atoms with van der Waals surface area (Å²) in [5.74, 6) is -1.80. The van der Waals surface area contributed by atoms with Crippen LogP contribution in [0.4, 0.5) is 0 Å². The lowest BCUT2D eigenvalue weighted by Crippen LogP contribution is -2.23. The lowest BCUT2D eigenvalue weighted by molar-refractivity contribution is -0.135. The predicted molar refractivity (Wildman–Crippen MR) is 104 cm³/mol. The fourth-order valence-corrected chi connectivity index (χ4v) is 2.65. The number of aromatic hydroxyl groups is 1. The number of phenolic OH excluding ortho intramolecular Hbond substituents is 1. The van der Waals surface area contributed by atoms with Crippen LogP contribution < -0.4 is 5.32 Å². The lowest BCUT2D eigenvalue weighted by Gasteiger charge is -2.19. The number of hydrogen-bond acceptors (Lipinski definition) is 9. The van der Waals surface area contributed by atoms with Gasteiger partial charge < -0.3 is 14.6 Å². The molecule has 2 rings (SSSR count). The number of amides is 1. The van der Waals surface area contributed by atoms with E-state index in [0.29, 0.717) is 0 Å². The van der Waals surface area contributed by atoms with Crippen LogP contribution in [-0.4, -0.2) is 47.0 Å². The van der Waals surface area contributed by atoms with Crippen LogP contribution in [0.25, 0.3) is 0 Å². The molecule has 28 heavy (non-hydrogen) atoms. The maximum absolute atomic E-state index is 12.1. The molecule has 0 atom stereocenters. The molecule has 1 aliphatic rings. The maximum Gasteiger partial charge on any atom is 0.338 e. The van der Waals surface area contributed by atoms with Gasteiger partial charge in [0.1, 0.15) is 11.4 Å². The van der Waals surface area contributed by atoms with Crippen LogP contribution in [0.15, 0.2) is 39.4 Å². The number of carbonyl (C=O) groups is 3. The number of rotatable bonds is 4. The van der Waals surface area contributed by atoms with Crippen LogP contribution in [0.2, 0.25) is 0 Å². The van der Waals surface area contributed by atoms with Gasteiger partial charge in [0.25, 0.3) is 5.91 Å². The van der Waals surface area contributed by atoms with Crippen molar-refractivity contribution in [1.29, 1.82) is 0 Å². The first-order valence-electron chi connectivity index (χ1n) is 8.05. The second-order valence-electron chi connectivity index (χ2n) is 6.51. The van der Waals surface area contributed by atoms with Crippen molar-refractivity contribution >= 4 is 41.0 Å². The second kappa shape index (κ2) is 8.70. The fourth-order valence-electron chi connectivity index (χ4n) is 1.91. The quantitative estimate of drug-likeness (QED) is 0.339. The standard InChI is InChI=1S/C18H19N3O6S/c1-18(2,3)27-16(25)10-5-6-12(22)11(7-10)9-19-21-17-20-15(24)13(28-17)8-14(23)26-4/h5-9,22H,1-4H3,(H,20,21,24)/b13-8+,19-9?. The second-order valence-corrected chi connectivity index (χ2v) is 7.54. The first-order valence-corrected chi connectivity index (χ1v) is 8.87. The third kappa shape index (κ3) is 5.95. The Labute approximate surface area is 165 Å². The van der Waals surface area contributed by atoms with E-state index in [-0.39, 0.29) is 26.9 Å². The normalized spacial score (nSPS) is 17.2. The summed E-state index contributed by atoms with van der Waals surface area (Å²) in [5.41, 5.74) is -0.163. The van der Waals surface area contributed by atoms with Gasteiger partial charge in [0.05, 0.1) is 23.8 Å². The minimum absolute atomic E-state index is 0.106. The number of hydrogen-bond donors (Lipinski definition) is 2. The molecule has 1 aromatic rings. The smallest absolute Gasteiger partial charge is 0.338 e. The predicted octanol–water partition coefficient (Wildman–Crippen LogP) is 1.96. The number of thioether (sulfide) groups is 1. The van der Waals surface area contributed by atoms with Gasteiger partial charge in [-0.15, -0.1) is 5.10 Å². The van der Waals surface area contributed by atoms with Crippen LogP contribution in [0.3, 0.4) is 0 Å². The van der Waals surface area contributed by atoms with E-state index >= 15 is 0 Å². The van der Waals surface area contributed by atoms with Gasteiger partial charge in [-0.1, -0.05) is 0 Å². The zero-order chi connectivity index (χ0) is 20.9. The van der Waals surface area contributed by atoms with Crippen LogP contribution in [0.1, 0.15) is 36.7 Å². The molecule has 0 spiro atoms. The van der Waals surface area contributed by atoms with E-state index < -0.39 is 23.4 Å². The zero-order valence-electron chi connectivity index (χ0n) is 15.7. The largest absolute Gasteiger partial charge is 0.507 e. The highest BCUT2D eigenvalue weighted by molar-refractivity contribution is 8.18. The van der Waals surface area contributed by atoms with E-state index in [0.717, 1.165) is 17.8 Å². The van der Waals surface area contributed by atoms with E-state index in [1.54, 1.807) is 20.8 Å². The van der Waals surface area contributed by atoms with E-state index in [1.807, 2.05) is 0 Å². The molecule has 2 N–H and O–H groups in total. The Hall–Kier alpha value is -3.14. The molecule has 1 heterocycles. The SMILES string of the molecule is COC(=O)/C=C1/S/C(=N\N=Cc2cc(C(=O)OC(C)(C)C)ccc2O)NC1=O. The van der Waals surface area contributed by atoms with Gasteiger partial charge in [-0.05, 0) is 50.7 Å². The van der Waals surface area contributed by atoms with Gasteiger partial charge in [-0.25, -0.2) is 9.59 Å². The molecule has 1 aromatic carbocycles. The molecule has 0 unspecified atom stereocenters. The van der Waals surface area contributed by atoms with Crippen LogP contribution in [-0.2, 0) is 19.1 Å². The van der Waals surface area contributed by atoms with Gasteiger partial charge in [0, 0.05) is 11.6 Å². The van der Waals surface area contributed by atoms with Crippen molar-refractivity contribution in [1.82, 2.24) is 5.32 Å². The number of phenols is 1. The van der Waals surface area contributed by atoms with Crippen molar-refractivity contribution in [3.05, 3.63) is 40.3 Å². The Morgan fingerprint density at radius 3 is 2.64 bits per heavy atom. The third-order valence-corrected chi connectivity index (χ3v) is 4.01. The fraction of sp³-hybridized carbons (Fsp3) is 0.278. The molecular weight excluding hydrogens is 386 g/mol. The topological polar surface area (TPSA) is 127 Å². The summed E-state index contributed by atoms with van der Waals surface area (Å²) >= 11 is 0.915. The Morgan fingerprint density at radius 1 is 1.29 bits per heavy atom. The number of carbonyl (C=O) groups excluding carboxylic acids is 3. The van der Waals surface area contributed by atoms with Crippen molar-refractivity contribution in [2.75, 3.05) is 7.11 Å². The van der Waals surface area contributed by atoms with E-state index in [4.69, 9.17) is 4.74 Å². The molecule has 1 fully saturated rings. The van der Waals surface area contributed by atoms with Crippen molar-refractivity contribution in [3.8, 4) is 5.75 Å². The molecule has 0 aromatic heterocycles. The highest BCUT2D eigenvalue weighted by Crippen LogP contribution is 2.24. The van der Waals surface area contributed by atoms with Crippen molar-refractivity contribution in [2.24, 2.45) is 10.2 Å². The minimum Gasteiger partial charge on any atom is -0.507 e. The van der Waals surface area contributed by atoms with Gasteiger partial charge >= 0.3 is 11.9 Å². The monoisotopic (exact) mass is 405 g/mol. The Bertz CT molecular complexity index is 899. The molecule has 0 bridgehead atoms. The summed E-state index contributed by atoms with van der Waals surface area (Å²) in [6, 6.07) is 4.19. The highest BCUT2D eigenvalue weighted by Gasteiger charge is 2.25. The molecule has 1 saturated heterocycles. The van der Waals surface area contributed by atoms with Gasteiger partial charge in [0.15, 0.2) is 5.17 Å². The maximum atomic E-state index is 12.1. The number of ether oxygens (including phenoxy) is 2. The Balaban J connectivity index is 2.14. The number of nitrogens with one attached hydrogen (secondary N) is 1. The van der Waals surface area contributed by atoms with E-state index in [9.17, 15) is 19.5 Å². The summed E-state index contributed by atoms with van der Waals surface area (Å²) in [7, 11) is 1.20. The average Bonchev–Trinajstić information content (AvgIpc) is 2.94. The molecule has 9 nitrogen and oxygen atoms in total. The lowest BCUT2D eigenvalue weighted by atomic mass is 10.1. The van der Waals surface area contributed by atoms with E-state index in [2.05, 4.69) is 20.3 Å². The summed E-state index contributed by atoms with van der Waals surface area (Å²) < 4.78 is 9.75. The first-order chi connectivity index (χ1) is 13.1. The first kappa shape index (κ1) is 21.2. The minimum atomic E-state index is -0.661. The Morgan fingerprint density at radius 2 is 2.00 bits per heavy atom. The summed E-state index contributed by atoms with van der Waals surface area (Å²) in [6.07, 6.45) is 2.27. The molecule has 10 heteroatoms. The third-order valence-electron chi connectivity index (χ3n) is 3.11. The molecule has 0 radical (unpaired) electrons. The number of esters is 2. The number of methoxy groups -OCH3 is 1. The molecule has 0 saturated carbocycles. The van der Waals surface area contributed by atoms with Crippen LogP contribution in [0.5, 0.6) is 5.75 Å². The van der Waals surface area contributed by atoms with Gasteiger partial charge in [-0.3, -0.25) is 10.1 Å². The van der Waals surface area contributed by atoms with Gasteiger partial charge in [-0.2, -0.15) is 5.10 Å². The summed E-state index contributed by atoms with van der Waals surface area (Å²) in [6.45, 7) is 5.25. The summed E-state index contributed by atoms with van der Waals surface area (Å²) in [5, 5.41) is 20.1. The molecule has 1 amide bonds. The number of amidine groups is 1. The zero-order valence-corrected chi connectivity index (χ0v) is 16.5. The average molecular weight is 405 g/mol. The van der Waals surface area contributed by atoms with Crippen molar-refractivity contribution in [3.63, 3.8) is 0 Å². The number of nitrogens with zero attached hydrogens (tertiary/aromatic N) is 2. The Kier molecular flexibility index (Phi) is 6.57. The number of benzene rings is 1.